The van der Waals surface area contributed by atoms with Crippen molar-refractivity contribution in [3.05, 3.63) is 42.5 Å². The van der Waals surface area contributed by atoms with Crippen LogP contribution in [0.1, 0.15) is 57.4 Å². The fourth-order valence-electron chi connectivity index (χ4n) is 3.78. The highest BCUT2D eigenvalue weighted by Crippen LogP contribution is 2.16. The Morgan fingerprint density at radius 1 is 0.674 bits per heavy atom. The van der Waals surface area contributed by atoms with Gasteiger partial charge in [-0.25, -0.2) is 4.79 Å². The molecule has 3 N–H and O–H groups in total. The summed E-state index contributed by atoms with van der Waals surface area (Å²) in [6.07, 6.45) is 10.1. The van der Waals surface area contributed by atoms with Crippen molar-refractivity contribution in [2.75, 3.05) is 99.1 Å². The van der Waals surface area contributed by atoms with Crippen LogP contribution in [0.4, 0.5) is 0 Å². The Kier molecular flexibility index (Phi) is 34.1. The molecule has 0 aliphatic heterocycles. The molecule has 0 spiro atoms. The Morgan fingerprint density at radius 2 is 1.07 bits per heavy atom. The summed E-state index contributed by atoms with van der Waals surface area (Å²) in [5.74, 6) is -0.345. The van der Waals surface area contributed by atoms with E-state index >= 15 is 0 Å². The number of aliphatic hydroxyl groups excluding tert-OH is 2. The van der Waals surface area contributed by atoms with Gasteiger partial charge in [-0.3, -0.25) is 0 Å². The van der Waals surface area contributed by atoms with Crippen LogP contribution in [0.25, 0.3) is 0 Å². The van der Waals surface area contributed by atoms with Gasteiger partial charge < -0.3 is 53.2 Å². The first-order chi connectivity index (χ1) is 22.5. The van der Waals surface area contributed by atoms with E-state index in [2.05, 4.69) is 25.6 Å². The monoisotopic (exact) mass is 660 g/mol. The van der Waals surface area contributed by atoms with E-state index in [0.29, 0.717) is 91.6 Å². The van der Waals surface area contributed by atoms with Crippen molar-refractivity contribution >= 4 is 5.97 Å². The van der Waals surface area contributed by atoms with Crippen molar-refractivity contribution in [1.29, 1.82) is 0 Å². The summed E-state index contributed by atoms with van der Waals surface area (Å²) in [6.45, 7) is 11.3. The van der Waals surface area contributed by atoms with Gasteiger partial charge >= 0.3 is 5.97 Å². The Balaban J connectivity index is 0.00000373. The van der Waals surface area contributed by atoms with Crippen molar-refractivity contribution < 1.29 is 58.0 Å². The van der Waals surface area contributed by atoms with Gasteiger partial charge in [0.1, 0.15) is 12.4 Å². The van der Waals surface area contributed by atoms with Crippen LogP contribution in [0.5, 0.6) is 5.75 Å². The lowest BCUT2D eigenvalue weighted by molar-refractivity contribution is -0.131. The molecule has 0 fully saturated rings. The second-order valence-corrected chi connectivity index (χ2v) is 10.1. The van der Waals surface area contributed by atoms with Crippen molar-refractivity contribution in [2.45, 2.75) is 64.6 Å². The summed E-state index contributed by atoms with van der Waals surface area (Å²) in [5.41, 5.74) is 1.30. The van der Waals surface area contributed by atoms with Crippen molar-refractivity contribution in [1.82, 2.24) is 0 Å². The number of hydrogen-bond acceptors (Lipinski definition) is 11. The lowest BCUT2D eigenvalue weighted by atomic mass is 10.0. The van der Waals surface area contributed by atoms with Crippen molar-refractivity contribution in [3.63, 3.8) is 0 Å². The average Bonchev–Trinajstić information content (AvgIpc) is 3.06. The van der Waals surface area contributed by atoms with Crippen LogP contribution < -0.4 is 4.74 Å². The number of unbranched alkanes of at least 4 members (excludes halogenated alkanes) is 6. The van der Waals surface area contributed by atoms with Crippen LogP contribution >= 0.6 is 0 Å². The van der Waals surface area contributed by atoms with Gasteiger partial charge in [0.15, 0.2) is 0 Å². The third-order valence-corrected chi connectivity index (χ3v) is 6.17. The van der Waals surface area contributed by atoms with Crippen LogP contribution in [0, 0.1) is 0 Å². The minimum atomic E-state index is -1.02. The Morgan fingerprint density at radius 3 is 1.48 bits per heavy atom. The molecule has 0 heterocycles. The van der Waals surface area contributed by atoms with Crippen LogP contribution in [-0.2, 0) is 44.4 Å². The highest BCUT2D eigenvalue weighted by Gasteiger charge is 2.06. The summed E-state index contributed by atoms with van der Waals surface area (Å²) in [5, 5.41) is 26.2. The Bertz CT molecular complexity index is 778. The summed E-state index contributed by atoms with van der Waals surface area (Å²) < 4.78 is 43.1. The van der Waals surface area contributed by atoms with E-state index in [9.17, 15) is 9.90 Å². The number of aliphatic hydroxyl groups is 2. The van der Waals surface area contributed by atoms with E-state index in [1.807, 2.05) is 12.1 Å². The van der Waals surface area contributed by atoms with E-state index < -0.39 is 12.3 Å². The van der Waals surface area contributed by atoms with E-state index in [1.165, 1.54) is 50.5 Å². The molecule has 0 aliphatic carbocycles. The molecular formula is C34H60O12. The first-order valence-electron chi connectivity index (χ1n) is 16.5. The molecule has 46 heavy (non-hydrogen) atoms. The quantitative estimate of drug-likeness (QED) is 0.0567. The largest absolute Gasteiger partial charge is 0.478 e. The molecule has 12 heteroatoms. The molecule has 12 nitrogen and oxygen atoms in total. The molecule has 0 saturated heterocycles. The zero-order chi connectivity index (χ0) is 33.8. The van der Waals surface area contributed by atoms with Gasteiger partial charge in [-0.15, -0.1) is 0 Å². The molecule has 0 aromatic heterocycles. The number of hydrogen-bond donors (Lipinski definition) is 3. The molecule has 0 bridgehead atoms. The number of rotatable bonds is 33. The van der Waals surface area contributed by atoms with Crippen molar-refractivity contribution in [2.24, 2.45) is 0 Å². The van der Waals surface area contributed by atoms with Gasteiger partial charge in [-0.05, 0) is 30.5 Å². The van der Waals surface area contributed by atoms with Gasteiger partial charge in [0, 0.05) is 6.08 Å². The zero-order valence-corrected chi connectivity index (χ0v) is 28.0. The minimum Gasteiger partial charge on any atom is -0.478 e. The molecule has 268 valence electrons. The lowest BCUT2D eigenvalue weighted by Crippen LogP contribution is -2.23. The highest BCUT2D eigenvalue weighted by atomic mass is 16.6. The van der Waals surface area contributed by atoms with Gasteiger partial charge in [0.25, 0.3) is 0 Å². The van der Waals surface area contributed by atoms with Gasteiger partial charge in [0.05, 0.1) is 92.5 Å². The first-order valence-corrected chi connectivity index (χ1v) is 16.5. The van der Waals surface area contributed by atoms with Crippen LogP contribution in [0.15, 0.2) is 36.9 Å². The maximum Gasteiger partial charge on any atom is 0.327 e. The second-order valence-electron chi connectivity index (χ2n) is 10.1. The summed E-state index contributed by atoms with van der Waals surface area (Å²) >= 11 is 0. The van der Waals surface area contributed by atoms with Crippen LogP contribution in [0.3, 0.4) is 0 Å². The van der Waals surface area contributed by atoms with Gasteiger partial charge in [0.2, 0.25) is 6.29 Å². The maximum atomic E-state index is 10.0. The molecule has 1 rings (SSSR count). The summed E-state index contributed by atoms with van der Waals surface area (Å²) in [7, 11) is 0. The topological polar surface area (TPSA) is 152 Å². The van der Waals surface area contributed by atoms with E-state index in [-0.39, 0.29) is 13.2 Å². The fraction of sp³-hybridized carbons (Fsp3) is 0.735. The van der Waals surface area contributed by atoms with E-state index in [0.717, 1.165) is 12.5 Å². The van der Waals surface area contributed by atoms with Gasteiger partial charge in [-0.2, -0.15) is 0 Å². The summed E-state index contributed by atoms with van der Waals surface area (Å²) in [4.78, 5) is 9.25. The van der Waals surface area contributed by atoms with Gasteiger partial charge in [-0.1, -0.05) is 64.2 Å². The summed E-state index contributed by atoms with van der Waals surface area (Å²) in [6, 6.07) is 7.94. The normalized spacial score (nSPS) is 11.5. The number of benzene rings is 1. The zero-order valence-electron chi connectivity index (χ0n) is 28.0. The predicted molar refractivity (Wildman–Crippen MR) is 175 cm³/mol. The molecule has 1 unspecified atom stereocenters. The average molecular weight is 661 g/mol. The molecular weight excluding hydrogens is 600 g/mol. The standard InChI is InChI=1S/C31H56O10.C3H4O2/c1-2-3-4-5-6-7-8-9-29-10-12-30(13-11-29)41-31(33)28-40-27-26-39-25-24-38-23-22-37-21-20-36-19-18-35-17-16-34-15-14-32;1-2-3(4)5/h10-13,31-33H,2-9,14-28H2,1H3;2H,1H2,(H,4,5). The maximum absolute atomic E-state index is 10.0. The molecule has 1 aromatic rings. The van der Waals surface area contributed by atoms with Crippen molar-refractivity contribution in [3.8, 4) is 5.75 Å². The van der Waals surface area contributed by atoms with E-state index in [4.69, 9.17) is 48.1 Å². The number of aryl methyl sites for hydroxylation is 1. The Hall–Kier alpha value is -2.13. The number of carbonyl (C=O) groups is 1. The number of carboxylic acids is 1. The molecule has 0 amide bonds. The first kappa shape index (κ1) is 43.9. The molecule has 0 aliphatic rings. The van der Waals surface area contributed by atoms with E-state index in [1.54, 1.807) is 0 Å². The third kappa shape index (κ3) is 33.2. The minimum absolute atomic E-state index is 0.0244. The highest BCUT2D eigenvalue weighted by molar-refractivity contribution is 5.78. The molecule has 1 atom stereocenters. The number of ether oxygens (including phenoxy) is 8. The fourth-order valence-corrected chi connectivity index (χ4v) is 3.78. The lowest BCUT2D eigenvalue weighted by Gasteiger charge is -2.14. The van der Waals surface area contributed by atoms with Crippen LogP contribution in [-0.4, -0.2) is 127 Å². The molecule has 0 saturated carbocycles. The number of aliphatic carboxylic acids is 1. The predicted octanol–water partition coefficient (Wildman–Crippen LogP) is 4.04. The number of carboxylic acid groups (broad SMARTS) is 1. The SMILES string of the molecule is C=CC(=O)O.CCCCCCCCCc1ccc(OC(O)COCCOCCOCCOCCOCCOCCOCCO)cc1. The smallest absolute Gasteiger partial charge is 0.327 e. The Labute approximate surface area is 275 Å². The molecule has 0 radical (unpaired) electrons. The second kappa shape index (κ2) is 35.7. The third-order valence-electron chi connectivity index (χ3n) is 6.17. The van der Waals surface area contributed by atoms with Crippen LogP contribution in [0.2, 0.25) is 0 Å². The molecule has 1 aromatic carbocycles.